The first-order chi connectivity index (χ1) is 13.8. The Bertz CT molecular complexity index is 1230. The Hall–Kier alpha value is -3.99. The van der Waals surface area contributed by atoms with Gasteiger partial charge in [0.05, 0.1) is 22.8 Å². The molecule has 8 nitrogen and oxygen atoms in total. The van der Waals surface area contributed by atoms with Gasteiger partial charge in [0.15, 0.2) is 5.54 Å². The van der Waals surface area contributed by atoms with Crippen molar-refractivity contribution in [2.75, 3.05) is 7.11 Å². The fourth-order valence-electron chi connectivity index (χ4n) is 2.79. The molecule has 2 aromatic carbocycles. The number of ether oxygens (including phenoxy) is 1. The number of methoxy groups -OCH3 is 1. The molecule has 3 aromatic rings. The Morgan fingerprint density at radius 3 is 2.41 bits per heavy atom. The highest BCUT2D eigenvalue weighted by Crippen LogP contribution is 2.34. The summed E-state index contributed by atoms with van der Waals surface area (Å²) in [6.07, 6.45) is 0. The zero-order valence-corrected chi connectivity index (χ0v) is 16.0. The molecule has 0 aliphatic heterocycles. The van der Waals surface area contributed by atoms with E-state index in [0.717, 1.165) is 0 Å². The van der Waals surface area contributed by atoms with Gasteiger partial charge in [-0.25, -0.2) is 0 Å². The normalized spacial score (nSPS) is 10.9. The topological polar surface area (TPSA) is 115 Å². The molecule has 0 spiro atoms. The third-order valence-corrected chi connectivity index (χ3v) is 4.30. The van der Waals surface area contributed by atoms with Gasteiger partial charge >= 0.3 is 5.69 Å². The van der Waals surface area contributed by atoms with E-state index in [-0.39, 0.29) is 22.2 Å². The van der Waals surface area contributed by atoms with Crippen LogP contribution in [-0.4, -0.2) is 22.6 Å². The molecular weight excluding hydrogens is 374 g/mol. The maximum atomic E-state index is 12.5. The average Bonchev–Trinajstić information content (AvgIpc) is 2.72. The van der Waals surface area contributed by atoms with Gasteiger partial charge in [0.2, 0.25) is 0 Å². The third-order valence-electron chi connectivity index (χ3n) is 4.30. The number of nitrogens with one attached hydrogen (secondary N) is 1. The molecule has 0 saturated heterocycles. The summed E-state index contributed by atoms with van der Waals surface area (Å²) >= 11 is 0. The molecule has 0 amide bonds. The van der Waals surface area contributed by atoms with Crippen LogP contribution in [0.4, 0.5) is 5.69 Å². The lowest BCUT2D eigenvalue weighted by Gasteiger charge is -2.08. The van der Waals surface area contributed by atoms with Crippen molar-refractivity contribution in [3.05, 3.63) is 73.4 Å². The van der Waals surface area contributed by atoms with Crippen molar-refractivity contribution in [2.24, 2.45) is 5.18 Å². The molecule has 3 rings (SSSR count). The van der Waals surface area contributed by atoms with Crippen molar-refractivity contribution in [1.82, 2.24) is 4.98 Å². The summed E-state index contributed by atoms with van der Waals surface area (Å²) in [4.78, 5) is 37.1. The summed E-state index contributed by atoms with van der Waals surface area (Å²) in [5.74, 6) is 6.02. The van der Waals surface area contributed by atoms with Gasteiger partial charge in [0.25, 0.3) is 5.56 Å². The van der Waals surface area contributed by atoms with Crippen molar-refractivity contribution in [3.63, 3.8) is 0 Å². The van der Waals surface area contributed by atoms with Crippen molar-refractivity contribution in [2.45, 2.75) is 19.4 Å². The van der Waals surface area contributed by atoms with Gasteiger partial charge in [-0.05, 0) is 44.2 Å². The molecule has 1 N–H and O–H groups in total. The molecule has 0 bridgehead atoms. The van der Waals surface area contributed by atoms with Gasteiger partial charge in [-0.2, -0.15) is 0 Å². The van der Waals surface area contributed by atoms with E-state index >= 15 is 0 Å². The summed E-state index contributed by atoms with van der Waals surface area (Å²) in [6, 6.07) is 11.1. The van der Waals surface area contributed by atoms with E-state index in [9.17, 15) is 19.8 Å². The lowest BCUT2D eigenvalue weighted by atomic mass is 10.0. The lowest BCUT2D eigenvalue weighted by Crippen LogP contribution is -2.11. The van der Waals surface area contributed by atoms with Crippen LogP contribution in [0, 0.1) is 26.9 Å². The standard InChI is InChI=1S/C21H17N3O5/c1-21(2,23-26)11-10-13-4-6-14(7-5-13)18-19(24(27)28)16-9-8-15(29-3)12-17(16)20(25)22-18/h4-9,12H,1-3H3,(H,22,25). The van der Waals surface area contributed by atoms with Gasteiger partial charge in [-0.1, -0.05) is 29.2 Å². The summed E-state index contributed by atoms with van der Waals surface area (Å²) in [6.45, 7) is 3.19. The fourth-order valence-corrected chi connectivity index (χ4v) is 2.79. The molecule has 146 valence electrons. The third kappa shape index (κ3) is 3.99. The molecule has 0 unspecified atom stereocenters. The monoisotopic (exact) mass is 391 g/mol. The Morgan fingerprint density at radius 2 is 1.83 bits per heavy atom. The molecule has 0 aliphatic carbocycles. The minimum Gasteiger partial charge on any atom is -0.497 e. The molecule has 1 heterocycles. The van der Waals surface area contributed by atoms with Crippen LogP contribution in [0.2, 0.25) is 0 Å². The highest BCUT2D eigenvalue weighted by atomic mass is 16.6. The number of fused-ring (bicyclic) bond motifs is 1. The minimum atomic E-state index is -1.01. The van der Waals surface area contributed by atoms with Crippen LogP contribution in [0.15, 0.2) is 52.4 Å². The van der Waals surface area contributed by atoms with Crippen molar-refractivity contribution < 1.29 is 9.66 Å². The van der Waals surface area contributed by atoms with Gasteiger partial charge in [0, 0.05) is 11.1 Å². The second-order valence-corrected chi connectivity index (χ2v) is 6.82. The number of rotatable bonds is 4. The predicted molar refractivity (Wildman–Crippen MR) is 110 cm³/mol. The minimum absolute atomic E-state index is 0.104. The molecule has 8 heteroatoms. The van der Waals surface area contributed by atoms with Crippen LogP contribution < -0.4 is 10.3 Å². The maximum Gasteiger partial charge on any atom is 0.301 e. The van der Waals surface area contributed by atoms with Gasteiger partial charge in [0.1, 0.15) is 11.4 Å². The number of pyridine rings is 1. The van der Waals surface area contributed by atoms with Crippen LogP contribution >= 0.6 is 0 Å². The Morgan fingerprint density at radius 1 is 1.14 bits per heavy atom. The molecule has 0 saturated carbocycles. The van der Waals surface area contributed by atoms with Gasteiger partial charge in [-0.3, -0.25) is 14.9 Å². The van der Waals surface area contributed by atoms with E-state index in [2.05, 4.69) is 22.0 Å². The Balaban J connectivity index is 2.15. The van der Waals surface area contributed by atoms with Crippen molar-refractivity contribution >= 4 is 16.5 Å². The average molecular weight is 391 g/mol. The molecule has 0 atom stereocenters. The van der Waals surface area contributed by atoms with Crippen molar-refractivity contribution in [1.29, 1.82) is 0 Å². The summed E-state index contributed by atoms with van der Waals surface area (Å²) in [7, 11) is 1.45. The smallest absolute Gasteiger partial charge is 0.301 e. The number of aromatic amines is 1. The van der Waals surface area contributed by atoms with Crippen LogP contribution in [0.3, 0.4) is 0 Å². The molecule has 0 aliphatic rings. The summed E-state index contributed by atoms with van der Waals surface area (Å²) in [5, 5.41) is 15.1. The number of nitroso groups, excluding NO2 is 1. The fraction of sp³-hybridized carbons (Fsp3) is 0.190. The largest absolute Gasteiger partial charge is 0.497 e. The quantitative estimate of drug-likeness (QED) is 0.312. The number of nitrogens with zero attached hydrogens (tertiary/aromatic N) is 2. The number of H-pyrrole nitrogens is 1. The number of hydrogen-bond donors (Lipinski definition) is 1. The van der Waals surface area contributed by atoms with Crippen LogP contribution in [0.5, 0.6) is 5.75 Å². The first-order valence-electron chi connectivity index (χ1n) is 8.62. The SMILES string of the molecule is COc1ccc2c([N+](=O)[O-])c(-c3ccc(C#CC(C)(C)N=O)cc3)[nH]c(=O)c2c1. The first-order valence-corrected chi connectivity index (χ1v) is 8.62. The van der Waals surface area contributed by atoms with Gasteiger partial charge < -0.3 is 9.72 Å². The number of hydrogen-bond acceptors (Lipinski definition) is 6. The Kier molecular flexibility index (Phi) is 5.15. The number of aromatic nitrogens is 1. The zero-order valence-electron chi connectivity index (χ0n) is 16.0. The van der Waals surface area contributed by atoms with E-state index in [0.29, 0.717) is 16.9 Å². The highest BCUT2D eigenvalue weighted by molar-refractivity contribution is 5.96. The second-order valence-electron chi connectivity index (χ2n) is 6.82. The molecule has 0 radical (unpaired) electrons. The Labute approximate surface area is 165 Å². The van der Waals surface area contributed by atoms with Gasteiger partial charge in [-0.15, -0.1) is 4.91 Å². The summed E-state index contributed by atoms with van der Waals surface area (Å²) in [5.41, 5.74) is -0.491. The van der Waals surface area contributed by atoms with Crippen LogP contribution in [-0.2, 0) is 0 Å². The van der Waals surface area contributed by atoms with E-state index in [1.165, 1.54) is 19.2 Å². The van der Waals surface area contributed by atoms with E-state index in [1.807, 2.05) is 0 Å². The lowest BCUT2D eigenvalue weighted by molar-refractivity contribution is -0.382. The second kappa shape index (κ2) is 7.56. The van der Waals surface area contributed by atoms with Crippen LogP contribution in [0.25, 0.3) is 22.0 Å². The molecule has 0 fully saturated rings. The van der Waals surface area contributed by atoms with E-state index in [1.54, 1.807) is 44.2 Å². The molecular formula is C21H17N3O5. The van der Waals surface area contributed by atoms with Crippen LogP contribution in [0.1, 0.15) is 19.4 Å². The number of nitro groups is 1. The first kappa shape index (κ1) is 19.8. The van der Waals surface area contributed by atoms with Crippen molar-refractivity contribution in [3.8, 4) is 28.8 Å². The van der Waals surface area contributed by atoms with E-state index < -0.39 is 16.0 Å². The predicted octanol–water partition coefficient (Wildman–Crippen LogP) is 4.01. The maximum absolute atomic E-state index is 12.5. The molecule has 29 heavy (non-hydrogen) atoms. The van der Waals surface area contributed by atoms with E-state index in [4.69, 9.17) is 4.74 Å². The zero-order chi connectivity index (χ0) is 21.2. The molecule has 1 aromatic heterocycles. The summed E-state index contributed by atoms with van der Waals surface area (Å²) < 4.78 is 5.10. The highest BCUT2D eigenvalue weighted by Gasteiger charge is 2.23. The number of benzene rings is 2.